The Hall–Kier alpha value is -1.22. The largest absolute Gasteiger partial charge is 0.336 e. The number of hydrogen-bond acceptors (Lipinski definition) is 5. The number of sulfonamides is 1. The van der Waals surface area contributed by atoms with Crippen molar-refractivity contribution in [2.45, 2.75) is 18.0 Å². The molecule has 0 spiro atoms. The van der Waals surface area contributed by atoms with Crippen molar-refractivity contribution in [3.05, 3.63) is 35.0 Å². The Morgan fingerprint density at radius 3 is 3.00 bits per heavy atom. The van der Waals surface area contributed by atoms with Crippen LogP contribution in [0.3, 0.4) is 0 Å². The molecule has 0 aliphatic rings. The summed E-state index contributed by atoms with van der Waals surface area (Å²) in [4.78, 5) is 5.08. The van der Waals surface area contributed by atoms with Gasteiger partial charge in [0.25, 0.3) is 0 Å². The summed E-state index contributed by atoms with van der Waals surface area (Å²) < 4.78 is 28.7. The highest BCUT2D eigenvalue weighted by atomic mass is 32.2. The maximum absolute atomic E-state index is 12.2. The molecule has 2 rings (SSSR count). The molecule has 8 heteroatoms. The molecule has 0 bridgehead atoms. The number of imidazole rings is 1. The van der Waals surface area contributed by atoms with E-state index in [1.165, 1.54) is 11.3 Å². The van der Waals surface area contributed by atoms with Crippen LogP contribution in [0.25, 0.3) is 0 Å². The average Bonchev–Trinajstić information content (AvgIpc) is 3.00. The van der Waals surface area contributed by atoms with Crippen LogP contribution >= 0.6 is 11.3 Å². The summed E-state index contributed by atoms with van der Waals surface area (Å²) in [5, 5.41) is 4.76. The smallest absolute Gasteiger partial charge is 0.241 e. The van der Waals surface area contributed by atoms with Crippen LogP contribution in [0.4, 0.5) is 0 Å². The van der Waals surface area contributed by atoms with Crippen molar-refractivity contribution in [2.75, 3.05) is 13.6 Å². The van der Waals surface area contributed by atoms with Gasteiger partial charge in [0.1, 0.15) is 0 Å². The normalized spacial score (nSPS) is 11.8. The van der Waals surface area contributed by atoms with E-state index in [4.69, 9.17) is 0 Å². The average molecular weight is 300 g/mol. The van der Waals surface area contributed by atoms with E-state index in [0.29, 0.717) is 24.5 Å². The van der Waals surface area contributed by atoms with Gasteiger partial charge in [-0.3, -0.25) is 0 Å². The zero-order valence-corrected chi connectivity index (χ0v) is 12.2. The third kappa shape index (κ3) is 3.63. The van der Waals surface area contributed by atoms with Crippen LogP contribution in [-0.2, 0) is 23.1 Å². The molecule has 0 aliphatic heterocycles. The Bertz CT molecular complexity index is 604. The summed E-state index contributed by atoms with van der Waals surface area (Å²) in [6.07, 6.45) is 5.12. The molecule has 2 aromatic heterocycles. The van der Waals surface area contributed by atoms with Gasteiger partial charge in [0.05, 0.1) is 11.2 Å². The third-order valence-electron chi connectivity index (χ3n) is 2.55. The second-order valence-electron chi connectivity index (χ2n) is 3.94. The minimum atomic E-state index is -3.44. The van der Waals surface area contributed by atoms with Gasteiger partial charge in [-0.1, -0.05) is 0 Å². The Kier molecular flexibility index (Phi) is 4.70. The lowest BCUT2D eigenvalue weighted by Gasteiger charge is -2.08. The fraction of sp³-hybridized carbons (Fsp3) is 0.364. The highest BCUT2D eigenvalue weighted by Gasteiger charge is 2.18. The zero-order valence-electron chi connectivity index (χ0n) is 10.5. The monoisotopic (exact) mass is 300 g/mol. The van der Waals surface area contributed by atoms with Gasteiger partial charge in [-0.05, 0) is 18.5 Å². The molecule has 2 aromatic rings. The Morgan fingerprint density at radius 2 is 2.32 bits per heavy atom. The highest BCUT2D eigenvalue weighted by Crippen LogP contribution is 2.21. The maximum atomic E-state index is 12.2. The molecule has 0 radical (unpaired) electrons. The summed E-state index contributed by atoms with van der Waals surface area (Å²) in [6.45, 7) is 1.45. The van der Waals surface area contributed by atoms with Crippen molar-refractivity contribution in [3.63, 3.8) is 0 Å². The predicted octanol–water partition coefficient (Wildman–Crippen LogP) is 0.642. The molecule has 0 atom stereocenters. The van der Waals surface area contributed by atoms with Gasteiger partial charge < -0.3 is 9.88 Å². The molecule has 2 N–H and O–H groups in total. The molecular formula is C11H16N4O2S2. The van der Waals surface area contributed by atoms with Crippen LogP contribution < -0.4 is 10.0 Å². The summed E-state index contributed by atoms with van der Waals surface area (Å²) in [7, 11) is -1.64. The zero-order chi connectivity index (χ0) is 13.7. The summed E-state index contributed by atoms with van der Waals surface area (Å²) in [5.74, 6) is 0. The quantitative estimate of drug-likeness (QED) is 0.787. The van der Waals surface area contributed by atoms with Crippen molar-refractivity contribution < 1.29 is 8.42 Å². The molecule has 6 nitrogen and oxygen atoms in total. The number of nitrogens with zero attached hydrogens (tertiary/aromatic N) is 2. The molecule has 0 amide bonds. The van der Waals surface area contributed by atoms with Crippen molar-refractivity contribution in [2.24, 2.45) is 0 Å². The van der Waals surface area contributed by atoms with E-state index in [0.717, 1.165) is 4.88 Å². The van der Waals surface area contributed by atoms with E-state index >= 15 is 0 Å². The van der Waals surface area contributed by atoms with Crippen LogP contribution in [0.2, 0.25) is 0 Å². The first-order valence-electron chi connectivity index (χ1n) is 5.80. The third-order valence-corrected chi connectivity index (χ3v) is 5.15. The Balaban J connectivity index is 1.99. The van der Waals surface area contributed by atoms with Crippen molar-refractivity contribution in [3.8, 4) is 0 Å². The Labute approximate surface area is 116 Å². The van der Waals surface area contributed by atoms with Crippen molar-refractivity contribution >= 4 is 21.4 Å². The van der Waals surface area contributed by atoms with Crippen LogP contribution in [0.5, 0.6) is 0 Å². The maximum Gasteiger partial charge on any atom is 0.241 e. The topological polar surface area (TPSA) is 76.0 Å². The van der Waals surface area contributed by atoms with Crippen molar-refractivity contribution in [1.82, 2.24) is 19.6 Å². The molecule has 2 heterocycles. The molecule has 0 aromatic carbocycles. The molecule has 0 unspecified atom stereocenters. The molecule has 0 saturated carbocycles. The van der Waals surface area contributed by atoms with Gasteiger partial charge in [-0.15, -0.1) is 11.3 Å². The predicted molar refractivity (Wildman–Crippen MR) is 74.5 cm³/mol. The lowest BCUT2D eigenvalue weighted by molar-refractivity contribution is 0.572. The molecular weight excluding hydrogens is 284 g/mol. The van der Waals surface area contributed by atoms with Gasteiger partial charge in [0, 0.05) is 36.9 Å². The van der Waals surface area contributed by atoms with Gasteiger partial charge in [0.15, 0.2) is 0 Å². The van der Waals surface area contributed by atoms with Crippen LogP contribution in [0.15, 0.2) is 35.1 Å². The first-order valence-corrected chi connectivity index (χ1v) is 8.16. The number of rotatable bonds is 7. The minimum Gasteiger partial charge on any atom is -0.336 e. The van der Waals surface area contributed by atoms with E-state index in [1.807, 2.05) is 4.57 Å². The van der Waals surface area contributed by atoms with Gasteiger partial charge in [0.2, 0.25) is 10.0 Å². The highest BCUT2D eigenvalue weighted by molar-refractivity contribution is 7.89. The molecule has 0 fully saturated rings. The SMILES string of the molecule is CNCc1sccc1S(=O)(=O)NCCn1ccnc1. The number of hydrogen-bond donors (Lipinski definition) is 2. The fourth-order valence-electron chi connectivity index (χ4n) is 1.66. The lowest BCUT2D eigenvalue weighted by Crippen LogP contribution is -2.28. The van der Waals surface area contributed by atoms with Crippen LogP contribution in [0, 0.1) is 0 Å². The van der Waals surface area contributed by atoms with E-state index < -0.39 is 10.0 Å². The summed E-state index contributed by atoms with van der Waals surface area (Å²) in [5.41, 5.74) is 0. The second-order valence-corrected chi connectivity index (χ2v) is 6.67. The molecule has 0 aliphatic carbocycles. The van der Waals surface area contributed by atoms with E-state index in [2.05, 4.69) is 15.0 Å². The summed E-state index contributed by atoms with van der Waals surface area (Å²) in [6, 6.07) is 1.64. The number of aromatic nitrogens is 2. The van der Waals surface area contributed by atoms with Crippen molar-refractivity contribution in [1.29, 1.82) is 0 Å². The number of thiophene rings is 1. The minimum absolute atomic E-state index is 0.341. The molecule has 19 heavy (non-hydrogen) atoms. The molecule has 104 valence electrons. The van der Waals surface area contributed by atoms with E-state index in [1.54, 1.807) is 37.2 Å². The van der Waals surface area contributed by atoms with Crippen LogP contribution in [-0.4, -0.2) is 31.6 Å². The number of nitrogens with one attached hydrogen (secondary N) is 2. The summed E-state index contributed by atoms with van der Waals surface area (Å²) >= 11 is 1.44. The second kappa shape index (κ2) is 6.29. The van der Waals surface area contributed by atoms with Gasteiger partial charge in [-0.2, -0.15) is 0 Å². The van der Waals surface area contributed by atoms with Gasteiger partial charge in [-0.25, -0.2) is 18.1 Å². The standard InChI is InChI=1S/C11H16N4O2S2/c1-12-8-10-11(2-7-18-10)19(16,17)14-4-6-15-5-3-13-9-15/h2-3,5,7,9,12,14H,4,6,8H2,1H3. The van der Waals surface area contributed by atoms with Gasteiger partial charge >= 0.3 is 0 Å². The fourth-order valence-corrected chi connectivity index (χ4v) is 4.14. The van der Waals surface area contributed by atoms with Crippen LogP contribution in [0.1, 0.15) is 4.88 Å². The Morgan fingerprint density at radius 1 is 1.47 bits per heavy atom. The first kappa shape index (κ1) is 14.2. The van der Waals surface area contributed by atoms with E-state index in [9.17, 15) is 8.42 Å². The lowest BCUT2D eigenvalue weighted by atomic mass is 10.5. The van der Waals surface area contributed by atoms with E-state index in [-0.39, 0.29) is 0 Å². The molecule has 0 saturated heterocycles. The first-order chi connectivity index (χ1) is 9.13.